The molecule has 1 aromatic carbocycles. The number of nitrogens with zero attached hydrogens (tertiary/aromatic N) is 3. The van der Waals surface area contributed by atoms with Gasteiger partial charge in [0.1, 0.15) is 0 Å². The molecule has 26 heavy (non-hydrogen) atoms. The van der Waals surface area contributed by atoms with Gasteiger partial charge in [0.15, 0.2) is 15.6 Å². The Labute approximate surface area is 164 Å². The molecule has 8 heteroatoms. The van der Waals surface area contributed by atoms with E-state index in [-0.39, 0.29) is 11.7 Å². The minimum absolute atomic E-state index is 0.0725. The molecule has 0 unspecified atom stereocenters. The molecule has 3 aromatic rings. The van der Waals surface area contributed by atoms with Gasteiger partial charge in [-0.2, -0.15) is 0 Å². The summed E-state index contributed by atoms with van der Waals surface area (Å²) >= 11 is 4.65. The molecule has 136 valence electrons. The third-order valence-electron chi connectivity index (χ3n) is 3.83. The number of benzene rings is 1. The fourth-order valence-corrected chi connectivity index (χ4v) is 3.59. The van der Waals surface area contributed by atoms with E-state index >= 15 is 0 Å². The maximum atomic E-state index is 12.3. The van der Waals surface area contributed by atoms with Crippen LogP contribution >= 0.6 is 27.7 Å². The van der Waals surface area contributed by atoms with Crippen molar-refractivity contribution in [2.24, 2.45) is 0 Å². The van der Waals surface area contributed by atoms with Gasteiger partial charge in [-0.1, -0.05) is 23.9 Å². The molecule has 3 rings (SSSR count). The molecule has 0 aliphatic carbocycles. The number of aromatic nitrogens is 3. The lowest BCUT2D eigenvalue weighted by molar-refractivity contribution is -0.113. The van der Waals surface area contributed by atoms with Gasteiger partial charge >= 0.3 is 0 Å². The number of rotatable bonds is 6. The van der Waals surface area contributed by atoms with E-state index in [4.69, 9.17) is 4.42 Å². The van der Waals surface area contributed by atoms with Gasteiger partial charge in [0, 0.05) is 12.2 Å². The number of hydrogen-bond acceptors (Lipinski definition) is 5. The van der Waals surface area contributed by atoms with Crippen molar-refractivity contribution in [2.45, 2.75) is 32.5 Å². The Morgan fingerprint density at radius 3 is 2.77 bits per heavy atom. The Bertz CT molecular complexity index is 935. The first kappa shape index (κ1) is 18.7. The molecule has 0 radical (unpaired) electrons. The lowest BCUT2D eigenvalue weighted by Gasteiger charge is -2.09. The minimum Gasteiger partial charge on any atom is -0.446 e. The summed E-state index contributed by atoms with van der Waals surface area (Å²) in [6.45, 7) is 6.67. The Hall–Kier alpha value is -2.06. The minimum atomic E-state index is -0.0725. The number of hydrogen-bond donors (Lipinski definition) is 1. The summed E-state index contributed by atoms with van der Waals surface area (Å²) in [5.74, 6) is 1.47. The number of halogens is 1. The zero-order valence-electron chi connectivity index (χ0n) is 14.7. The number of furan rings is 1. The van der Waals surface area contributed by atoms with Gasteiger partial charge in [0.2, 0.25) is 11.7 Å². The molecule has 0 fully saturated rings. The highest BCUT2D eigenvalue weighted by Crippen LogP contribution is 2.27. The van der Waals surface area contributed by atoms with Crippen molar-refractivity contribution in [2.75, 3.05) is 11.1 Å². The number of nitrogens with one attached hydrogen (secondary N) is 1. The zero-order valence-corrected chi connectivity index (χ0v) is 17.1. The Balaban J connectivity index is 1.69. The van der Waals surface area contributed by atoms with Crippen LogP contribution in [-0.4, -0.2) is 26.4 Å². The molecule has 0 aliphatic rings. The van der Waals surface area contributed by atoms with Crippen molar-refractivity contribution in [3.05, 3.63) is 46.1 Å². The third-order valence-corrected chi connectivity index (χ3v) is 5.22. The van der Waals surface area contributed by atoms with E-state index in [1.165, 1.54) is 11.8 Å². The number of thioether (sulfide) groups is 1. The van der Waals surface area contributed by atoms with Crippen molar-refractivity contribution in [1.82, 2.24) is 14.8 Å². The molecule has 0 spiro atoms. The van der Waals surface area contributed by atoms with Crippen molar-refractivity contribution < 1.29 is 9.21 Å². The molecule has 1 N–H and O–H groups in total. The van der Waals surface area contributed by atoms with Crippen LogP contribution in [0.4, 0.5) is 5.69 Å². The Morgan fingerprint density at radius 2 is 2.08 bits per heavy atom. The highest BCUT2D eigenvalue weighted by atomic mass is 79.9. The van der Waals surface area contributed by atoms with E-state index in [9.17, 15) is 4.79 Å². The molecule has 6 nitrogen and oxygen atoms in total. The van der Waals surface area contributed by atoms with Crippen LogP contribution in [0.1, 0.15) is 18.1 Å². The van der Waals surface area contributed by atoms with Crippen LogP contribution < -0.4 is 5.32 Å². The van der Waals surface area contributed by atoms with Crippen LogP contribution in [0.15, 0.2) is 44.6 Å². The monoisotopic (exact) mass is 434 g/mol. The van der Waals surface area contributed by atoms with Crippen LogP contribution in [-0.2, 0) is 11.3 Å². The topological polar surface area (TPSA) is 73.0 Å². The summed E-state index contributed by atoms with van der Waals surface area (Å²) < 4.78 is 8.13. The highest BCUT2D eigenvalue weighted by molar-refractivity contribution is 9.10. The van der Waals surface area contributed by atoms with Crippen molar-refractivity contribution in [3.63, 3.8) is 0 Å². The van der Waals surface area contributed by atoms with Crippen LogP contribution in [0.5, 0.6) is 0 Å². The van der Waals surface area contributed by atoms with Crippen molar-refractivity contribution >= 4 is 39.3 Å². The average Bonchev–Trinajstić information content (AvgIpc) is 3.21. The standard InChI is InChI=1S/C18H19BrN4O2S/c1-4-23-17(14-7-8-15(19)25-14)21-22-18(23)26-10-16(24)20-13-9-11(2)5-6-12(13)3/h5-9H,4,10H2,1-3H3,(H,20,24). The molecule has 0 atom stereocenters. The Morgan fingerprint density at radius 1 is 1.27 bits per heavy atom. The van der Waals surface area contributed by atoms with Gasteiger partial charge in [0.05, 0.1) is 5.75 Å². The molecule has 1 amide bonds. The predicted octanol–water partition coefficient (Wildman–Crippen LogP) is 4.67. The second-order valence-electron chi connectivity index (χ2n) is 5.81. The first-order valence-corrected chi connectivity index (χ1v) is 9.94. The maximum Gasteiger partial charge on any atom is 0.234 e. The summed E-state index contributed by atoms with van der Waals surface area (Å²) in [6, 6.07) is 9.65. The van der Waals surface area contributed by atoms with Crippen molar-refractivity contribution in [3.8, 4) is 11.6 Å². The second kappa shape index (κ2) is 8.09. The van der Waals surface area contributed by atoms with Gasteiger partial charge in [-0.25, -0.2) is 0 Å². The molecule has 0 aliphatic heterocycles. The fraction of sp³-hybridized carbons (Fsp3) is 0.278. The summed E-state index contributed by atoms with van der Waals surface area (Å²) in [7, 11) is 0. The SMILES string of the molecule is CCn1c(SCC(=O)Nc2cc(C)ccc2C)nnc1-c1ccc(Br)o1. The number of anilines is 1. The first-order chi connectivity index (χ1) is 12.5. The smallest absolute Gasteiger partial charge is 0.234 e. The molecule has 0 saturated carbocycles. The lowest BCUT2D eigenvalue weighted by atomic mass is 10.1. The lowest BCUT2D eigenvalue weighted by Crippen LogP contribution is -2.15. The molecular weight excluding hydrogens is 416 g/mol. The normalized spacial score (nSPS) is 10.9. The van der Waals surface area contributed by atoms with E-state index in [2.05, 4.69) is 31.4 Å². The third kappa shape index (κ3) is 4.19. The summed E-state index contributed by atoms with van der Waals surface area (Å²) in [5.41, 5.74) is 2.99. The van der Waals surface area contributed by atoms with Gasteiger partial charge in [-0.15, -0.1) is 10.2 Å². The van der Waals surface area contributed by atoms with E-state index in [1.54, 1.807) is 0 Å². The quantitative estimate of drug-likeness (QED) is 0.570. The fourth-order valence-electron chi connectivity index (χ4n) is 2.48. The van der Waals surface area contributed by atoms with Gasteiger partial charge in [-0.05, 0) is 66.0 Å². The summed E-state index contributed by atoms with van der Waals surface area (Å²) in [4.78, 5) is 12.3. The van der Waals surface area contributed by atoms with E-state index in [1.807, 2.05) is 55.7 Å². The van der Waals surface area contributed by atoms with Crippen LogP contribution in [0.25, 0.3) is 11.6 Å². The first-order valence-electron chi connectivity index (χ1n) is 8.16. The number of carbonyl (C=O) groups is 1. The van der Waals surface area contributed by atoms with Gasteiger partial charge in [0.25, 0.3) is 0 Å². The maximum absolute atomic E-state index is 12.3. The Kier molecular flexibility index (Phi) is 5.83. The highest BCUT2D eigenvalue weighted by Gasteiger charge is 2.17. The van der Waals surface area contributed by atoms with Crippen LogP contribution in [0.2, 0.25) is 0 Å². The largest absolute Gasteiger partial charge is 0.446 e. The molecule has 2 aromatic heterocycles. The molecule has 0 saturated heterocycles. The van der Waals surface area contributed by atoms with E-state index in [0.717, 1.165) is 16.8 Å². The van der Waals surface area contributed by atoms with Gasteiger partial charge < -0.3 is 9.73 Å². The van der Waals surface area contributed by atoms with Crippen molar-refractivity contribution in [1.29, 1.82) is 0 Å². The average molecular weight is 435 g/mol. The number of amides is 1. The summed E-state index contributed by atoms with van der Waals surface area (Å²) in [6.07, 6.45) is 0. The zero-order chi connectivity index (χ0) is 18.7. The predicted molar refractivity (Wildman–Crippen MR) is 106 cm³/mol. The van der Waals surface area contributed by atoms with E-state index in [0.29, 0.717) is 28.0 Å². The number of aryl methyl sites for hydroxylation is 2. The van der Waals surface area contributed by atoms with Crippen LogP contribution in [0.3, 0.4) is 0 Å². The molecular formula is C18H19BrN4O2S. The van der Waals surface area contributed by atoms with Gasteiger partial charge in [-0.3, -0.25) is 9.36 Å². The summed E-state index contributed by atoms with van der Waals surface area (Å²) in [5, 5.41) is 12.1. The molecule has 2 heterocycles. The number of carbonyl (C=O) groups excluding carboxylic acids is 1. The molecule has 0 bridgehead atoms. The van der Waals surface area contributed by atoms with Crippen LogP contribution in [0, 0.1) is 13.8 Å². The van der Waals surface area contributed by atoms with E-state index < -0.39 is 0 Å². The second-order valence-corrected chi connectivity index (χ2v) is 7.53.